The normalized spacial score (nSPS) is 23.2. The smallest absolute Gasteiger partial charge is 0.00207 e. The third-order valence-electron chi connectivity index (χ3n) is 4.58. The Morgan fingerprint density at radius 1 is 1.18 bits per heavy atom. The number of nitrogens with one attached hydrogen (secondary N) is 1. The molecule has 0 unspecified atom stereocenters. The van der Waals surface area contributed by atoms with E-state index in [2.05, 4.69) is 50.4 Å². The van der Waals surface area contributed by atoms with E-state index >= 15 is 0 Å². The standard InChI is InChI=1S/C16H23N/c1-15(2,3)14-6-4-5-12(7-14)13-8-16(9-13)10-17-11-16/h4-7,13,17H,8-11H2,1-3H3. The molecule has 0 radical (unpaired) electrons. The Hall–Kier alpha value is -0.820. The van der Waals surface area contributed by atoms with Gasteiger partial charge < -0.3 is 5.32 Å². The highest BCUT2D eigenvalue weighted by molar-refractivity contribution is 5.33. The van der Waals surface area contributed by atoms with Gasteiger partial charge in [0.1, 0.15) is 0 Å². The molecule has 1 saturated heterocycles. The Balaban J connectivity index is 1.76. The van der Waals surface area contributed by atoms with Gasteiger partial charge in [-0.1, -0.05) is 45.0 Å². The van der Waals surface area contributed by atoms with Crippen molar-refractivity contribution in [2.75, 3.05) is 13.1 Å². The number of rotatable bonds is 1. The summed E-state index contributed by atoms with van der Waals surface area (Å²) in [5, 5.41) is 3.41. The maximum atomic E-state index is 3.41. The van der Waals surface area contributed by atoms with Crippen LogP contribution in [0.5, 0.6) is 0 Å². The lowest BCUT2D eigenvalue weighted by molar-refractivity contribution is 0.0362. The minimum absolute atomic E-state index is 0.273. The Labute approximate surface area is 105 Å². The number of benzene rings is 1. The molecule has 0 amide bonds. The molecule has 0 aromatic heterocycles. The SMILES string of the molecule is CC(C)(C)c1cccc(C2CC3(CNC3)C2)c1. The molecule has 1 N–H and O–H groups in total. The fourth-order valence-corrected chi connectivity index (χ4v) is 3.25. The van der Waals surface area contributed by atoms with E-state index in [-0.39, 0.29) is 5.41 Å². The van der Waals surface area contributed by atoms with Gasteiger partial charge in [-0.3, -0.25) is 0 Å². The Morgan fingerprint density at radius 2 is 1.88 bits per heavy atom. The van der Waals surface area contributed by atoms with Crippen LogP contribution in [0.25, 0.3) is 0 Å². The van der Waals surface area contributed by atoms with E-state index in [0.717, 1.165) is 5.92 Å². The molecule has 1 aromatic rings. The molecule has 1 aliphatic heterocycles. The monoisotopic (exact) mass is 229 g/mol. The molecule has 1 heteroatoms. The van der Waals surface area contributed by atoms with Crippen LogP contribution >= 0.6 is 0 Å². The number of hydrogen-bond donors (Lipinski definition) is 1. The van der Waals surface area contributed by atoms with E-state index in [9.17, 15) is 0 Å². The highest BCUT2D eigenvalue weighted by Gasteiger charge is 2.48. The number of hydrogen-bond acceptors (Lipinski definition) is 1. The van der Waals surface area contributed by atoms with Crippen LogP contribution in [0.4, 0.5) is 0 Å². The molecule has 1 aliphatic carbocycles. The van der Waals surface area contributed by atoms with Crippen molar-refractivity contribution in [2.24, 2.45) is 5.41 Å². The minimum Gasteiger partial charge on any atom is -0.316 e. The summed E-state index contributed by atoms with van der Waals surface area (Å²) in [6.45, 7) is 9.39. The van der Waals surface area contributed by atoms with Crippen molar-refractivity contribution in [3.63, 3.8) is 0 Å². The van der Waals surface area contributed by atoms with Crippen LogP contribution < -0.4 is 5.32 Å². The molecule has 1 nitrogen and oxygen atoms in total. The maximum absolute atomic E-state index is 3.41. The van der Waals surface area contributed by atoms with Crippen molar-refractivity contribution in [1.29, 1.82) is 0 Å². The largest absolute Gasteiger partial charge is 0.316 e. The summed E-state index contributed by atoms with van der Waals surface area (Å²) in [5.41, 5.74) is 4.00. The van der Waals surface area contributed by atoms with Gasteiger partial charge in [0.25, 0.3) is 0 Å². The summed E-state index contributed by atoms with van der Waals surface area (Å²) >= 11 is 0. The van der Waals surface area contributed by atoms with Crippen molar-refractivity contribution in [3.05, 3.63) is 35.4 Å². The van der Waals surface area contributed by atoms with E-state index in [4.69, 9.17) is 0 Å². The summed E-state index contributed by atoms with van der Waals surface area (Å²) in [4.78, 5) is 0. The van der Waals surface area contributed by atoms with Crippen molar-refractivity contribution in [3.8, 4) is 0 Å². The van der Waals surface area contributed by atoms with E-state index in [1.54, 1.807) is 5.56 Å². The summed E-state index contributed by atoms with van der Waals surface area (Å²) in [6, 6.07) is 9.26. The molecule has 1 aromatic carbocycles. The third-order valence-corrected chi connectivity index (χ3v) is 4.58. The molecular formula is C16H23N. The van der Waals surface area contributed by atoms with Gasteiger partial charge in [0.05, 0.1) is 0 Å². The van der Waals surface area contributed by atoms with Gasteiger partial charge in [-0.15, -0.1) is 0 Å². The van der Waals surface area contributed by atoms with E-state index in [1.165, 1.54) is 31.5 Å². The predicted molar refractivity (Wildman–Crippen MR) is 72.4 cm³/mol. The molecule has 1 spiro atoms. The first-order valence-corrected chi connectivity index (χ1v) is 6.80. The van der Waals surface area contributed by atoms with Crippen molar-refractivity contribution in [1.82, 2.24) is 5.32 Å². The average Bonchev–Trinajstić information content (AvgIpc) is 2.12. The van der Waals surface area contributed by atoms with Gasteiger partial charge in [-0.05, 0) is 40.7 Å². The average molecular weight is 229 g/mol. The molecule has 1 heterocycles. The van der Waals surface area contributed by atoms with Crippen LogP contribution in [0.15, 0.2) is 24.3 Å². The second-order valence-electron chi connectivity index (χ2n) is 7.08. The lowest BCUT2D eigenvalue weighted by Crippen LogP contribution is -2.59. The summed E-state index contributed by atoms with van der Waals surface area (Å²) in [7, 11) is 0. The third kappa shape index (κ3) is 1.91. The van der Waals surface area contributed by atoms with E-state index in [0.29, 0.717) is 5.41 Å². The molecule has 0 bridgehead atoms. The molecule has 1 saturated carbocycles. The van der Waals surface area contributed by atoms with Crippen molar-refractivity contribution in [2.45, 2.75) is 44.9 Å². The molecule has 3 rings (SSSR count). The first-order valence-electron chi connectivity index (χ1n) is 6.80. The van der Waals surface area contributed by atoms with Gasteiger partial charge in [-0.2, -0.15) is 0 Å². The summed E-state index contributed by atoms with van der Waals surface area (Å²) in [5.74, 6) is 0.819. The Morgan fingerprint density at radius 3 is 2.41 bits per heavy atom. The molecule has 0 atom stereocenters. The molecular weight excluding hydrogens is 206 g/mol. The minimum atomic E-state index is 0.273. The van der Waals surface area contributed by atoms with Gasteiger partial charge >= 0.3 is 0 Å². The van der Waals surface area contributed by atoms with E-state index in [1.807, 2.05) is 0 Å². The first kappa shape index (κ1) is 11.3. The van der Waals surface area contributed by atoms with Gasteiger partial charge in [0.15, 0.2) is 0 Å². The van der Waals surface area contributed by atoms with Crippen LogP contribution in [-0.4, -0.2) is 13.1 Å². The fraction of sp³-hybridized carbons (Fsp3) is 0.625. The molecule has 17 heavy (non-hydrogen) atoms. The lowest BCUT2D eigenvalue weighted by Gasteiger charge is -2.54. The van der Waals surface area contributed by atoms with Crippen LogP contribution in [-0.2, 0) is 5.41 Å². The first-order chi connectivity index (χ1) is 7.99. The van der Waals surface area contributed by atoms with Crippen LogP contribution in [0.3, 0.4) is 0 Å². The zero-order valence-electron chi connectivity index (χ0n) is 11.2. The van der Waals surface area contributed by atoms with Crippen LogP contribution in [0.2, 0.25) is 0 Å². The van der Waals surface area contributed by atoms with Gasteiger partial charge in [0, 0.05) is 13.1 Å². The van der Waals surface area contributed by atoms with E-state index < -0.39 is 0 Å². The van der Waals surface area contributed by atoms with Crippen molar-refractivity contribution < 1.29 is 0 Å². The van der Waals surface area contributed by atoms with Crippen LogP contribution in [0.1, 0.15) is 50.7 Å². The molecule has 2 fully saturated rings. The zero-order chi connectivity index (χ0) is 12.1. The Bertz CT molecular complexity index is 415. The highest BCUT2D eigenvalue weighted by atomic mass is 15.0. The second kappa shape index (κ2) is 3.58. The highest BCUT2D eigenvalue weighted by Crippen LogP contribution is 2.53. The molecule has 92 valence electrons. The van der Waals surface area contributed by atoms with Crippen LogP contribution in [0, 0.1) is 5.41 Å². The summed E-state index contributed by atoms with van der Waals surface area (Å²) < 4.78 is 0. The predicted octanol–water partition coefficient (Wildman–Crippen LogP) is 3.45. The summed E-state index contributed by atoms with van der Waals surface area (Å²) in [6.07, 6.45) is 2.79. The quantitative estimate of drug-likeness (QED) is 0.777. The molecule has 2 aliphatic rings. The lowest BCUT2D eigenvalue weighted by atomic mass is 9.57. The van der Waals surface area contributed by atoms with Gasteiger partial charge in [0.2, 0.25) is 0 Å². The van der Waals surface area contributed by atoms with Crippen molar-refractivity contribution >= 4 is 0 Å². The Kier molecular flexibility index (Phi) is 2.38. The van der Waals surface area contributed by atoms with Gasteiger partial charge in [-0.25, -0.2) is 0 Å². The topological polar surface area (TPSA) is 12.0 Å². The fourth-order valence-electron chi connectivity index (χ4n) is 3.25. The zero-order valence-corrected chi connectivity index (χ0v) is 11.2. The maximum Gasteiger partial charge on any atom is 0.00207 e. The second-order valence-corrected chi connectivity index (χ2v) is 7.08.